The molecule has 17 heavy (non-hydrogen) atoms. The number of halogens is 1. The molecule has 4 nitrogen and oxygen atoms in total. The standard InChI is InChI=1S/C12H14ClNO3/c13-9-1-3-10(4-2-9)14-6-8-17-11(5-7-15)12(14)16/h1-4,11,15H,5-8H2. The third kappa shape index (κ3) is 2.77. The Morgan fingerprint density at radius 2 is 2.12 bits per heavy atom. The maximum absolute atomic E-state index is 12.1. The van der Waals surface area contributed by atoms with Gasteiger partial charge < -0.3 is 14.7 Å². The van der Waals surface area contributed by atoms with Crippen molar-refractivity contribution in [2.45, 2.75) is 12.5 Å². The number of carbonyl (C=O) groups excluding carboxylic acids is 1. The van der Waals surface area contributed by atoms with E-state index in [9.17, 15) is 4.79 Å². The first-order valence-electron chi connectivity index (χ1n) is 5.52. The second-order valence-corrected chi connectivity index (χ2v) is 4.27. The number of ether oxygens (including phenoxy) is 1. The zero-order valence-corrected chi connectivity index (χ0v) is 10.1. The lowest BCUT2D eigenvalue weighted by Gasteiger charge is -2.32. The van der Waals surface area contributed by atoms with Crippen molar-refractivity contribution in [1.82, 2.24) is 0 Å². The van der Waals surface area contributed by atoms with Gasteiger partial charge in [0.25, 0.3) is 5.91 Å². The molecule has 1 atom stereocenters. The molecule has 1 aliphatic rings. The Morgan fingerprint density at radius 3 is 2.76 bits per heavy atom. The van der Waals surface area contributed by atoms with Crippen molar-refractivity contribution in [3.63, 3.8) is 0 Å². The van der Waals surface area contributed by atoms with Crippen molar-refractivity contribution in [3.8, 4) is 0 Å². The lowest BCUT2D eigenvalue weighted by atomic mass is 10.1. The van der Waals surface area contributed by atoms with E-state index in [2.05, 4.69) is 0 Å². The number of benzene rings is 1. The Morgan fingerprint density at radius 1 is 1.41 bits per heavy atom. The van der Waals surface area contributed by atoms with Crippen molar-refractivity contribution in [1.29, 1.82) is 0 Å². The number of rotatable bonds is 3. The number of carbonyl (C=O) groups is 1. The highest BCUT2D eigenvalue weighted by molar-refractivity contribution is 6.30. The van der Waals surface area contributed by atoms with Gasteiger partial charge in [-0.25, -0.2) is 0 Å². The van der Waals surface area contributed by atoms with Crippen molar-refractivity contribution in [2.75, 3.05) is 24.7 Å². The number of hydrogen-bond donors (Lipinski definition) is 1. The maximum Gasteiger partial charge on any atom is 0.256 e. The van der Waals surface area contributed by atoms with Gasteiger partial charge in [0.2, 0.25) is 0 Å². The first kappa shape index (κ1) is 12.4. The highest BCUT2D eigenvalue weighted by Crippen LogP contribution is 2.21. The predicted octanol–water partition coefficient (Wildman–Crippen LogP) is 1.45. The van der Waals surface area contributed by atoms with Crippen LogP contribution in [-0.4, -0.2) is 36.9 Å². The van der Waals surface area contributed by atoms with Crippen LogP contribution in [0.1, 0.15) is 6.42 Å². The van der Waals surface area contributed by atoms with E-state index in [-0.39, 0.29) is 12.5 Å². The van der Waals surface area contributed by atoms with Crippen LogP contribution in [0.3, 0.4) is 0 Å². The molecule has 0 radical (unpaired) electrons. The van der Waals surface area contributed by atoms with Crippen LogP contribution < -0.4 is 4.90 Å². The molecule has 0 spiro atoms. The lowest BCUT2D eigenvalue weighted by molar-refractivity contribution is -0.134. The van der Waals surface area contributed by atoms with Crippen LogP contribution in [0, 0.1) is 0 Å². The van der Waals surface area contributed by atoms with Gasteiger partial charge in [0.1, 0.15) is 6.10 Å². The van der Waals surface area contributed by atoms with E-state index in [0.29, 0.717) is 24.6 Å². The zero-order valence-electron chi connectivity index (χ0n) is 9.30. The smallest absolute Gasteiger partial charge is 0.256 e. The number of aliphatic hydroxyl groups is 1. The second-order valence-electron chi connectivity index (χ2n) is 3.84. The number of morpholine rings is 1. The molecule has 1 N–H and O–H groups in total. The van der Waals surface area contributed by atoms with Crippen LogP contribution in [0.25, 0.3) is 0 Å². The van der Waals surface area contributed by atoms with E-state index < -0.39 is 6.10 Å². The third-order valence-electron chi connectivity index (χ3n) is 2.70. The first-order chi connectivity index (χ1) is 8.22. The van der Waals surface area contributed by atoms with Crippen molar-refractivity contribution < 1.29 is 14.6 Å². The van der Waals surface area contributed by atoms with Crippen LogP contribution in [0.2, 0.25) is 5.02 Å². The molecular formula is C12H14ClNO3. The molecule has 1 unspecified atom stereocenters. The summed E-state index contributed by atoms with van der Waals surface area (Å²) in [6.07, 6.45) is -0.201. The van der Waals surface area contributed by atoms with Gasteiger partial charge in [-0.1, -0.05) is 11.6 Å². The van der Waals surface area contributed by atoms with Gasteiger partial charge in [0.15, 0.2) is 0 Å². The topological polar surface area (TPSA) is 49.8 Å². The van der Waals surface area contributed by atoms with E-state index in [1.165, 1.54) is 0 Å². The van der Waals surface area contributed by atoms with Crippen molar-refractivity contribution in [3.05, 3.63) is 29.3 Å². The molecule has 92 valence electrons. The summed E-state index contributed by atoms with van der Waals surface area (Å²) in [6, 6.07) is 7.12. The van der Waals surface area contributed by atoms with Crippen molar-refractivity contribution >= 4 is 23.2 Å². The SMILES string of the molecule is O=C1C(CCO)OCCN1c1ccc(Cl)cc1. The predicted molar refractivity (Wildman–Crippen MR) is 65.2 cm³/mol. The number of nitrogens with zero attached hydrogens (tertiary/aromatic N) is 1. The summed E-state index contributed by atoms with van der Waals surface area (Å²) in [6.45, 7) is 0.965. The molecular weight excluding hydrogens is 242 g/mol. The van der Waals surface area contributed by atoms with E-state index in [1.807, 2.05) is 12.1 Å². The Balaban J connectivity index is 2.14. The molecule has 5 heteroatoms. The maximum atomic E-state index is 12.1. The minimum absolute atomic E-state index is 0.0507. The summed E-state index contributed by atoms with van der Waals surface area (Å²) < 4.78 is 5.33. The van der Waals surface area contributed by atoms with Crippen LogP contribution in [0.5, 0.6) is 0 Å². The van der Waals surface area contributed by atoms with Crippen LogP contribution >= 0.6 is 11.6 Å². The fourth-order valence-electron chi connectivity index (χ4n) is 1.84. The molecule has 1 aromatic carbocycles. The second kappa shape index (κ2) is 5.49. The Labute approximate surface area is 105 Å². The number of hydrogen-bond acceptors (Lipinski definition) is 3. The Bertz CT molecular complexity index is 391. The number of anilines is 1. The van der Waals surface area contributed by atoms with E-state index >= 15 is 0 Å². The summed E-state index contributed by atoms with van der Waals surface area (Å²) in [5, 5.41) is 9.50. The molecule has 0 saturated carbocycles. The highest BCUT2D eigenvalue weighted by atomic mass is 35.5. The van der Waals surface area contributed by atoms with E-state index in [4.69, 9.17) is 21.4 Å². The molecule has 0 bridgehead atoms. The van der Waals surface area contributed by atoms with Gasteiger partial charge in [-0.05, 0) is 24.3 Å². The Hall–Kier alpha value is -1.10. The number of aliphatic hydroxyl groups excluding tert-OH is 1. The third-order valence-corrected chi connectivity index (χ3v) is 2.96. The minimum atomic E-state index is -0.538. The summed E-state index contributed by atoms with van der Waals surface area (Å²) in [5.41, 5.74) is 0.811. The zero-order chi connectivity index (χ0) is 12.3. The fraction of sp³-hybridized carbons (Fsp3) is 0.417. The molecule has 1 heterocycles. The highest BCUT2D eigenvalue weighted by Gasteiger charge is 2.29. The summed E-state index contributed by atoms with van der Waals surface area (Å²) in [5.74, 6) is -0.104. The van der Waals surface area contributed by atoms with Gasteiger partial charge >= 0.3 is 0 Å². The summed E-state index contributed by atoms with van der Waals surface area (Å²) in [7, 11) is 0. The molecule has 1 aromatic rings. The van der Waals surface area contributed by atoms with Crippen LogP contribution in [-0.2, 0) is 9.53 Å². The fourth-order valence-corrected chi connectivity index (χ4v) is 1.97. The van der Waals surface area contributed by atoms with Crippen molar-refractivity contribution in [2.24, 2.45) is 0 Å². The molecule has 1 saturated heterocycles. The largest absolute Gasteiger partial charge is 0.396 e. The van der Waals surface area contributed by atoms with E-state index in [0.717, 1.165) is 5.69 Å². The molecule has 2 rings (SSSR count). The summed E-state index contributed by atoms with van der Waals surface area (Å²) in [4.78, 5) is 13.7. The average molecular weight is 256 g/mol. The molecule has 0 aromatic heterocycles. The summed E-state index contributed by atoms with van der Waals surface area (Å²) >= 11 is 5.80. The normalized spacial score (nSPS) is 20.7. The van der Waals surface area contributed by atoms with Gasteiger partial charge in [-0.2, -0.15) is 0 Å². The monoisotopic (exact) mass is 255 g/mol. The van der Waals surface area contributed by atoms with Gasteiger partial charge in [0.05, 0.1) is 6.61 Å². The first-order valence-corrected chi connectivity index (χ1v) is 5.89. The van der Waals surface area contributed by atoms with Gasteiger partial charge in [-0.3, -0.25) is 4.79 Å². The Kier molecular flexibility index (Phi) is 3.99. The van der Waals surface area contributed by atoms with Gasteiger partial charge in [-0.15, -0.1) is 0 Å². The lowest BCUT2D eigenvalue weighted by Crippen LogP contribution is -2.48. The molecule has 1 aliphatic heterocycles. The number of amides is 1. The molecule has 1 amide bonds. The minimum Gasteiger partial charge on any atom is -0.396 e. The van der Waals surface area contributed by atoms with Crippen LogP contribution in [0.4, 0.5) is 5.69 Å². The average Bonchev–Trinajstić information content (AvgIpc) is 2.34. The quantitative estimate of drug-likeness (QED) is 0.890. The molecule has 1 fully saturated rings. The van der Waals surface area contributed by atoms with Gasteiger partial charge in [0, 0.05) is 30.3 Å². The van der Waals surface area contributed by atoms with Crippen LogP contribution in [0.15, 0.2) is 24.3 Å². The van der Waals surface area contributed by atoms with E-state index in [1.54, 1.807) is 17.0 Å². The molecule has 0 aliphatic carbocycles.